The molecule has 39 heavy (non-hydrogen) atoms. The van der Waals surface area contributed by atoms with Gasteiger partial charge in [0.2, 0.25) is 5.91 Å². The van der Waals surface area contributed by atoms with Crippen molar-refractivity contribution in [3.05, 3.63) is 64.2 Å². The van der Waals surface area contributed by atoms with E-state index in [2.05, 4.69) is 16.6 Å². The fourth-order valence-corrected chi connectivity index (χ4v) is 4.24. The Balaban J connectivity index is 2.64. The lowest BCUT2D eigenvalue weighted by Crippen LogP contribution is -2.55. The van der Waals surface area contributed by atoms with Crippen molar-refractivity contribution < 1.29 is 19.1 Å². The second-order valence-corrected chi connectivity index (χ2v) is 10.6. The molecule has 3 atom stereocenters. The van der Waals surface area contributed by atoms with Crippen molar-refractivity contribution in [1.82, 2.24) is 10.2 Å². The summed E-state index contributed by atoms with van der Waals surface area (Å²) in [4.78, 5) is 41.8. The molecule has 0 aliphatic carbocycles. The molecule has 9 heteroatoms. The number of hydrogen-bond donors (Lipinski definition) is 2. The highest BCUT2D eigenvalue weighted by Crippen LogP contribution is 2.31. The number of terminal acetylenes is 1. The van der Waals surface area contributed by atoms with Gasteiger partial charge in [-0.25, -0.2) is 4.79 Å². The summed E-state index contributed by atoms with van der Waals surface area (Å²) in [5.41, 5.74) is 1.03. The van der Waals surface area contributed by atoms with Crippen LogP contribution in [0.2, 0.25) is 5.02 Å². The van der Waals surface area contributed by atoms with Crippen molar-refractivity contribution in [3.63, 3.8) is 0 Å². The first-order chi connectivity index (χ1) is 18.3. The van der Waals surface area contributed by atoms with Crippen LogP contribution in [-0.2, 0) is 14.3 Å². The van der Waals surface area contributed by atoms with Gasteiger partial charge in [0, 0.05) is 5.56 Å². The number of rotatable bonds is 9. The Bertz CT molecular complexity index is 1270. The van der Waals surface area contributed by atoms with E-state index in [-0.39, 0.29) is 5.92 Å². The number of alkyl carbamates (subject to hydrolysis) is 1. The van der Waals surface area contributed by atoms with E-state index in [0.717, 1.165) is 4.90 Å². The van der Waals surface area contributed by atoms with Gasteiger partial charge in [-0.15, -0.1) is 6.42 Å². The SMILES string of the molecule is C#Cc1ccccc1C(C(=O)Nc1c(C)cccc1Cl)N(CC#N)C(=O)C(NC(=O)OC(C)(C)C)C(C)CC. The third-order valence-corrected chi connectivity index (χ3v) is 6.43. The van der Waals surface area contributed by atoms with E-state index < -0.39 is 42.1 Å². The molecule has 0 aliphatic heterocycles. The highest BCUT2D eigenvalue weighted by molar-refractivity contribution is 6.34. The molecule has 8 nitrogen and oxygen atoms in total. The van der Waals surface area contributed by atoms with E-state index in [0.29, 0.717) is 33.8 Å². The van der Waals surface area contributed by atoms with Crippen LogP contribution in [0.4, 0.5) is 10.5 Å². The van der Waals surface area contributed by atoms with Crippen LogP contribution in [0.15, 0.2) is 42.5 Å². The zero-order valence-electron chi connectivity index (χ0n) is 23.2. The normalized spacial score (nSPS) is 13.2. The first-order valence-electron chi connectivity index (χ1n) is 12.6. The van der Waals surface area contributed by atoms with Crippen molar-refractivity contribution in [1.29, 1.82) is 5.26 Å². The van der Waals surface area contributed by atoms with Crippen molar-refractivity contribution in [2.45, 2.75) is 65.6 Å². The maximum absolute atomic E-state index is 14.1. The van der Waals surface area contributed by atoms with E-state index in [1.54, 1.807) is 77.1 Å². The Morgan fingerprint density at radius 2 is 1.82 bits per heavy atom. The summed E-state index contributed by atoms with van der Waals surface area (Å²) in [6.45, 7) is 10.1. The Labute approximate surface area is 235 Å². The number of carbonyl (C=O) groups is 3. The van der Waals surface area contributed by atoms with Gasteiger partial charge in [-0.3, -0.25) is 9.59 Å². The van der Waals surface area contributed by atoms with Gasteiger partial charge in [-0.2, -0.15) is 5.26 Å². The van der Waals surface area contributed by atoms with Crippen LogP contribution in [-0.4, -0.2) is 41.0 Å². The number of hydrogen-bond acceptors (Lipinski definition) is 5. The molecule has 2 N–H and O–H groups in total. The molecule has 0 radical (unpaired) electrons. The van der Waals surface area contributed by atoms with Crippen molar-refractivity contribution in [2.24, 2.45) is 5.92 Å². The van der Waals surface area contributed by atoms with Gasteiger partial charge in [0.25, 0.3) is 5.91 Å². The number of nitrogens with one attached hydrogen (secondary N) is 2. The Hall–Kier alpha value is -4.01. The molecule has 0 saturated heterocycles. The summed E-state index contributed by atoms with van der Waals surface area (Å²) >= 11 is 6.37. The smallest absolute Gasteiger partial charge is 0.408 e. The average Bonchev–Trinajstić information content (AvgIpc) is 2.87. The van der Waals surface area contributed by atoms with Crippen LogP contribution in [0.25, 0.3) is 0 Å². The summed E-state index contributed by atoms with van der Waals surface area (Å²) in [5, 5.41) is 15.5. The van der Waals surface area contributed by atoms with E-state index in [1.165, 1.54) is 0 Å². The molecule has 0 saturated carbocycles. The van der Waals surface area contributed by atoms with Crippen LogP contribution >= 0.6 is 11.6 Å². The van der Waals surface area contributed by atoms with Crippen LogP contribution in [0.1, 0.15) is 63.8 Å². The third kappa shape index (κ3) is 8.24. The molecule has 0 bridgehead atoms. The maximum Gasteiger partial charge on any atom is 0.408 e. The van der Waals surface area contributed by atoms with Gasteiger partial charge in [0.05, 0.1) is 16.8 Å². The fraction of sp³-hybridized carbons (Fsp3) is 0.400. The second-order valence-electron chi connectivity index (χ2n) is 10.2. The predicted molar refractivity (Wildman–Crippen MR) is 152 cm³/mol. The molecule has 2 aromatic rings. The molecule has 3 amide bonds. The van der Waals surface area contributed by atoms with Gasteiger partial charge in [0.15, 0.2) is 0 Å². The Morgan fingerprint density at radius 3 is 2.38 bits per heavy atom. The molecule has 0 fully saturated rings. The number of nitriles is 1. The summed E-state index contributed by atoms with van der Waals surface area (Å²) < 4.78 is 5.38. The molecule has 206 valence electrons. The maximum atomic E-state index is 14.1. The van der Waals surface area contributed by atoms with Gasteiger partial charge in [0.1, 0.15) is 24.2 Å². The molecule has 0 aliphatic rings. The Morgan fingerprint density at radius 1 is 1.15 bits per heavy atom. The number of aryl methyl sites for hydroxylation is 1. The molecule has 0 aromatic heterocycles. The number of amides is 3. The quantitative estimate of drug-likeness (QED) is 0.312. The predicted octanol–water partition coefficient (Wildman–Crippen LogP) is 5.60. The van der Waals surface area contributed by atoms with E-state index in [4.69, 9.17) is 22.8 Å². The lowest BCUT2D eigenvalue weighted by molar-refractivity contribution is -0.141. The number of ether oxygens (including phenoxy) is 1. The van der Waals surface area contributed by atoms with Crippen molar-refractivity contribution in [3.8, 4) is 18.4 Å². The van der Waals surface area contributed by atoms with Crippen LogP contribution in [0.3, 0.4) is 0 Å². The molecule has 0 heterocycles. The number of para-hydroxylation sites is 1. The minimum atomic E-state index is -1.30. The summed E-state index contributed by atoms with van der Waals surface area (Å²) in [6.07, 6.45) is 5.50. The first kappa shape index (κ1) is 31.2. The topological polar surface area (TPSA) is 112 Å². The highest BCUT2D eigenvalue weighted by Gasteiger charge is 2.39. The van der Waals surface area contributed by atoms with Gasteiger partial charge >= 0.3 is 6.09 Å². The number of carbonyl (C=O) groups excluding carboxylic acids is 3. The van der Waals surface area contributed by atoms with E-state index in [9.17, 15) is 19.6 Å². The number of halogens is 1. The standard InChI is InChI=1S/C30H35ClN4O4/c1-8-19(3)25(34-29(38)39-30(5,6)7)28(37)35(18-17-32)26(22-15-11-10-14-21(22)9-2)27(36)33-24-20(4)13-12-16-23(24)31/h2,10-16,19,25-26H,8,18H2,1,3-7H3,(H,33,36)(H,34,38). The fourth-order valence-electron chi connectivity index (χ4n) is 3.97. The molecule has 0 spiro atoms. The lowest BCUT2D eigenvalue weighted by Gasteiger charge is -2.35. The average molecular weight is 551 g/mol. The minimum Gasteiger partial charge on any atom is -0.444 e. The van der Waals surface area contributed by atoms with Crippen molar-refractivity contribution in [2.75, 3.05) is 11.9 Å². The van der Waals surface area contributed by atoms with Gasteiger partial charge < -0.3 is 20.3 Å². The monoisotopic (exact) mass is 550 g/mol. The highest BCUT2D eigenvalue weighted by atomic mass is 35.5. The number of nitrogens with zero attached hydrogens (tertiary/aromatic N) is 2. The molecular weight excluding hydrogens is 516 g/mol. The third-order valence-electron chi connectivity index (χ3n) is 6.12. The van der Waals surface area contributed by atoms with E-state index in [1.807, 2.05) is 13.0 Å². The molecule has 3 unspecified atom stereocenters. The van der Waals surface area contributed by atoms with Crippen LogP contribution < -0.4 is 10.6 Å². The molecule has 2 rings (SSSR count). The zero-order valence-corrected chi connectivity index (χ0v) is 23.9. The lowest BCUT2D eigenvalue weighted by atomic mass is 9.94. The van der Waals surface area contributed by atoms with Crippen LogP contribution in [0.5, 0.6) is 0 Å². The minimum absolute atomic E-state index is 0.314. The molecular formula is C30H35ClN4O4. The Kier molecular flexibility index (Phi) is 11.0. The van der Waals surface area contributed by atoms with Crippen LogP contribution in [0, 0.1) is 36.5 Å². The number of benzene rings is 2. The number of anilines is 1. The van der Waals surface area contributed by atoms with E-state index >= 15 is 0 Å². The molecule has 2 aromatic carbocycles. The van der Waals surface area contributed by atoms with Crippen molar-refractivity contribution >= 4 is 35.2 Å². The first-order valence-corrected chi connectivity index (χ1v) is 13.0. The largest absolute Gasteiger partial charge is 0.444 e. The summed E-state index contributed by atoms with van der Waals surface area (Å²) in [6, 6.07) is 11.5. The summed E-state index contributed by atoms with van der Waals surface area (Å²) in [5.74, 6) is 0.975. The second kappa shape index (κ2) is 13.7. The summed E-state index contributed by atoms with van der Waals surface area (Å²) in [7, 11) is 0. The van der Waals surface area contributed by atoms with Gasteiger partial charge in [-0.05, 0) is 56.9 Å². The zero-order chi connectivity index (χ0) is 29.3. The van der Waals surface area contributed by atoms with Gasteiger partial charge in [-0.1, -0.05) is 68.1 Å².